The average molecular weight is 307 g/mol. The van der Waals surface area contributed by atoms with Crippen LogP contribution < -0.4 is 10.2 Å². The third-order valence-electron chi connectivity index (χ3n) is 3.40. The van der Waals surface area contributed by atoms with Gasteiger partial charge in [-0.2, -0.15) is 0 Å². The van der Waals surface area contributed by atoms with Crippen LogP contribution in [0.25, 0.3) is 0 Å². The second-order valence-electron chi connectivity index (χ2n) is 5.15. The molecule has 2 aromatic rings. The van der Waals surface area contributed by atoms with Crippen LogP contribution in [0, 0.1) is 5.82 Å². The molecule has 1 N–H and O–H groups in total. The molecule has 112 valence electrons. The zero-order valence-electron chi connectivity index (χ0n) is 12.5. The third-order valence-corrected chi connectivity index (χ3v) is 3.64. The third kappa shape index (κ3) is 3.74. The molecular formula is C17H20ClFN2. The maximum atomic E-state index is 14.2. The van der Waals surface area contributed by atoms with Crippen molar-refractivity contribution < 1.29 is 4.39 Å². The first-order valence-electron chi connectivity index (χ1n) is 6.98. The molecule has 0 saturated carbocycles. The SMILES string of the molecule is CCNC(c1cccc(N(C)C)c1)c1ccc(Cl)cc1F. The van der Waals surface area contributed by atoms with E-state index in [1.54, 1.807) is 12.1 Å². The lowest BCUT2D eigenvalue weighted by atomic mass is 9.97. The number of nitrogens with zero attached hydrogens (tertiary/aromatic N) is 1. The predicted molar refractivity (Wildman–Crippen MR) is 87.7 cm³/mol. The van der Waals surface area contributed by atoms with Gasteiger partial charge >= 0.3 is 0 Å². The Morgan fingerprint density at radius 2 is 1.95 bits per heavy atom. The first kappa shape index (κ1) is 15.8. The first-order valence-corrected chi connectivity index (χ1v) is 7.36. The topological polar surface area (TPSA) is 15.3 Å². The molecule has 0 heterocycles. The molecule has 2 nitrogen and oxygen atoms in total. The van der Waals surface area contributed by atoms with Gasteiger partial charge in [0.15, 0.2) is 0 Å². The highest BCUT2D eigenvalue weighted by Gasteiger charge is 2.17. The Morgan fingerprint density at radius 1 is 1.19 bits per heavy atom. The van der Waals surface area contributed by atoms with Gasteiger partial charge in [0.25, 0.3) is 0 Å². The predicted octanol–water partition coefficient (Wildman–Crippen LogP) is 4.24. The molecule has 0 fully saturated rings. The van der Waals surface area contributed by atoms with Gasteiger partial charge in [-0.25, -0.2) is 4.39 Å². The minimum atomic E-state index is -0.288. The number of nitrogens with one attached hydrogen (secondary N) is 1. The Bertz CT molecular complexity index is 613. The molecule has 21 heavy (non-hydrogen) atoms. The van der Waals surface area contributed by atoms with E-state index in [-0.39, 0.29) is 11.9 Å². The minimum Gasteiger partial charge on any atom is -0.378 e. The molecule has 1 atom stereocenters. The molecular weight excluding hydrogens is 287 g/mol. The maximum absolute atomic E-state index is 14.2. The Morgan fingerprint density at radius 3 is 2.57 bits per heavy atom. The summed E-state index contributed by atoms with van der Waals surface area (Å²) in [7, 11) is 3.98. The Labute approximate surface area is 130 Å². The van der Waals surface area contributed by atoms with Crippen LogP contribution in [0.2, 0.25) is 5.02 Å². The van der Waals surface area contributed by atoms with Gasteiger partial charge in [0.1, 0.15) is 5.82 Å². The molecule has 1 unspecified atom stereocenters. The summed E-state index contributed by atoms with van der Waals surface area (Å²) in [6, 6.07) is 12.7. The van der Waals surface area contributed by atoms with Crippen LogP contribution in [0.15, 0.2) is 42.5 Å². The lowest BCUT2D eigenvalue weighted by Crippen LogP contribution is -2.23. The molecule has 0 saturated heterocycles. The van der Waals surface area contributed by atoms with Crippen LogP contribution in [0.5, 0.6) is 0 Å². The summed E-state index contributed by atoms with van der Waals surface area (Å²) in [5.74, 6) is -0.288. The van der Waals surface area contributed by atoms with E-state index in [2.05, 4.69) is 11.4 Å². The second-order valence-corrected chi connectivity index (χ2v) is 5.58. The van der Waals surface area contributed by atoms with Gasteiger partial charge < -0.3 is 10.2 Å². The van der Waals surface area contributed by atoms with Crippen LogP contribution in [0.1, 0.15) is 24.1 Å². The molecule has 0 amide bonds. The molecule has 2 aromatic carbocycles. The number of halogens is 2. The Balaban J connectivity index is 2.45. The van der Waals surface area contributed by atoms with Gasteiger partial charge in [0.2, 0.25) is 0 Å². The summed E-state index contributed by atoms with van der Waals surface area (Å²) in [6.45, 7) is 2.76. The zero-order chi connectivity index (χ0) is 15.4. The van der Waals surface area contributed by atoms with Crippen LogP contribution >= 0.6 is 11.6 Å². The fraction of sp³-hybridized carbons (Fsp3) is 0.294. The van der Waals surface area contributed by atoms with E-state index in [4.69, 9.17) is 11.6 Å². The standard InChI is InChI=1S/C17H20ClFN2/c1-4-20-17(15-9-8-13(18)11-16(15)19)12-6-5-7-14(10-12)21(2)3/h5-11,17,20H,4H2,1-3H3. The van der Waals surface area contributed by atoms with E-state index in [0.29, 0.717) is 10.6 Å². The number of hydrogen-bond acceptors (Lipinski definition) is 2. The van der Waals surface area contributed by atoms with E-state index in [9.17, 15) is 4.39 Å². The van der Waals surface area contributed by atoms with Gasteiger partial charge in [-0.1, -0.05) is 36.7 Å². The average Bonchev–Trinajstić information content (AvgIpc) is 2.45. The van der Waals surface area contributed by atoms with Crippen molar-refractivity contribution in [3.63, 3.8) is 0 Å². The quantitative estimate of drug-likeness (QED) is 0.888. The van der Waals surface area contributed by atoms with Gasteiger partial charge in [-0.05, 0) is 36.4 Å². The molecule has 0 aliphatic heterocycles. The molecule has 0 radical (unpaired) electrons. The van der Waals surface area contributed by atoms with E-state index < -0.39 is 0 Å². The monoisotopic (exact) mass is 306 g/mol. The largest absolute Gasteiger partial charge is 0.378 e. The number of anilines is 1. The van der Waals surface area contributed by atoms with Gasteiger partial charge in [-0.3, -0.25) is 0 Å². The lowest BCUT2D eigenvalue weighted by Gasteiger charge is -2.22. The highest BCUT2D eigenvalue weighted by Crippen LogP contribution is 2.28. The van der Waals surface area contributed by atoms with E-state index in [0.717, 1.165) is 17.8 Å². The van der Waals surface area contributed by atoms with Gasteiger partial charge in [0.05, 0.1) is 6.04 Å². The molecule has 0 bridgehead atoms. The fourth-order valence-corrected chi connectivity index (χ4v) is 2.49. The van der Waals surface area contributed by atoms with Crippen LogP contribution in [0.4, 0.5) is 10.1 Å². The molecule has 2 rings (SSSR count). The van der Waals surface area contributed by atoms with Crippen LogP contribution in [-0.4, -0.2) is 20.6 Å². The summed E-state index contributed by atoms with van der Waals surface area (Å²) in [6.07, 6.45) is 0. The summed E-state index contributed by atoms with van der Waals surface area (Å²) in [5, 5.41) is 3.75. The van der Waals surface area contributed by atoms with Crippen molar-refractivity contribution in [1.29, 1.82) is 0 Å². The summed E-state index contributed by atoms with van der Waals surface area (Å²) >= 11 is 5.84. The van der Waals surface area contributed by atoms with E-state index in [1.807, 2.05) is 44.1 Å². The Kier molecular flexibility index (Phi) is 5.21. The summed E-state index contributed by atoms with van der Waals surface area (Å²) in [5.41, 5.74) is 2.73. The summed E-state index contributed by atoms with van der Waals surface area (Å²) in [4.78, 5) is 2.03. The fourth-order valence-electron chi connectivity index (χ4n) is 2.33. The van der Waals surface area contributed by atoms with Crippen molar-refractivity contribution in [1.82, 2.24) is 5.32 Å². The van der Waals surface area contributed by atoms with Crippen molar-refractivity contribution >= 4 is 17.3 Å². The van der Waals surface area contributed by atoms with Crippen molar-refractivity contribution in [3.8, 4) is 0 Å². The molecule has 0 spiro atoms. The minimum absolute atomic E-state index is 0.188. The first-order chi connectivity index (χ1) is 10.0. The van der Waals surface area contributed by atoms with Crippen LogP contribution in [-0.2, 0) is 0 Å². The Hall–Kier alpha value is -1.58. The van der Waals surface area contributed by atoms with E-state index in [1.165, 1.54) is 6.07 Å². The molecule has 0 aromatic heterocycles. The van der Waals surface area contributed by atoms with Crippen molar-refractivity contribution in [2.45, 2.75) is 13.0 Å². The van der Waals surface area contributed by atoms with E-state index >= 15 is 0 Å². The zero-order valence-corrected chi connectivity index (χ0v) is 13.3. The van der Waals surface area contributed by atoms with Crippen molar-refractivity contribution in [2.24, 2.45) is 0 Å². The summed E-state index contributed by atoms with van der Waals surface area (Å²) < 4.78 is 14.2. The highest BCUT2D eigenvalue weighted by molar-refractivity contribution is 6.30. The second kappa shape index (κ2) is 6.92. The van der Waals surface area contributed by atoms with Crippen molar-refractivity contribution in [2.75, 3.05) is 25.5 Å². The van der Waals surface area contributed by atoms with Crippen molar-refractivity contribution in [3.05, 3.63) is 64.4 Å². The van der Waals surface area contributed by atoms with Gasteiger partial charge in [-0.15, -0.1) is 0 Å². The highest BCUT2D eigenvalue weighted by atomic mass is 35.5. The smallest absolute Gasteiger partial charge is 0.129 e. The molecule has 0 aliphatic carbocycles. The lowest BCUT2D eigenvalue weighted by molar-refractivity contribution is 0.559. The van der Waals surface area contributed by atoms with Gasteiger partial charge in [0, 0.05) is 30.4 Å². The number of benzene rings is 2. The number of hydrogen-bond donors (Lipinski definition) is 1. The number of rotatable bonds is 5. The molecule has 0 aliphatic rings. The molecule has 4 heteroatoms. The normalized spacial score (nSPS) is 12.2. The maximum Gasteiger partial charge on any atom is 0.129 e. The van der Waals surface area contributed by atoms with Crippen LogP contribution in [0.3, 0.4) is 0 Å².